The lowest BCUT2D eigenvalue weighted by Gasteiger charge is -2.41. The fourth-order valence-electron chi connectivity index (χ4n) is 3.14. The van der Waals surface area contributed by atoms with Crippen molar-refractivity contribution >= 4 is 11.3 Å². The van der Waals surface area contributed by atoms with E-state index >= 15 is 0 Å². The van der Waals surface area contributed by atoms with Crippen LogP contribution < -0.4 is 5.32 Å². The average molecular weight is 266 g/mol. The van der Waals surface area contributed by atoms with E-state index in [4.69, 9.17) is 0 Å². The zero-order valence-corrected chi connectivity index (χ0v) is 12.6. The molecule has 18 heavy (non-hydrogen) atoms. The second kappa shape index (κ2) is 6.67. The van der Waals surface area contributed by atoms with Crippen LogP contribution in [0.2, 0.25) is 0 Å². The lowest BCUT2D eigenvalue weighted by molar-refractivity contribution is 0.144. The summed E-state index contributed by atoms with van der Waals surface area (Å²) < 4.78 is 0. The van der Waals surface area contributed by atoms with Crippen molar-refractivity contribution in [2.24, 2.45) is 5.41 Å². The van der Waals surface area contributed by atoms with Crippen molar-refractivity contribution in [1.82, 2.24) is 10.3 Å². The number of nitrogens with one attached hydrogen (secondary N) is 1. The zero-order chi connectivity index (χ0) is 12.8. The highest BCUT2D eigenvalue weighted by Crippen LogP contribution is 2.40. The van der Waals surface area contributed by atoms with E-state index in [0.717, 1.165) is 13.0 Å². The van der Waals surface area contributed by atoms with Gasteiger partial charge in [-0.25, -0.2) is 0 Å². The molecule has 1 aromatic rings. The highest BCUT2D eigenvalue weighted by atomic mass is 32.1. The number of aromatic nitrogens is 1. The van der Waals surface area contributed by atoms with E-state index in [1.54, 1.807) is 11.3 Å². The summed E-state index contributed by atoms with van der Waals surface area (Å²) in [6.45, 7) is 5.87. The number of hydrogen-bond donors (Lipinski definition) is 1. The van der Waals surface area contributed by atoms with E-state index in [1.807, 2.05) is 11.7 Å². The van der Waals surface area contributed by atoms with Gasteiger partial charge in [0, 0.05) is 17.1 Å². The van der Waals surface area contributed by atoms with Crippen molar-refractivity contribution in [2.45, 2.75) is 64.8 Å². The van der Waals surface area contributed by atoms with Gasteiger partial charge in [0.25, 0.3) is 0 Å². The smallest absolute Gasteiger partial charge is 0.0794 e. The third kappa shape index (κ3) is 3.55. The van der Waals surface area contributed by atoms with Crippen molar-refractivity contribution in [1.29, 1.82) is 0 Å². The van der Waals surface area contributed by atoms with Gasteiger partial charge in [-0.2, -0.15) is 0 Å². The van der Waals surface area contributed by atoms with Crippen LogP contribution in [-0.2, 0) is 6.42 Å². The first-order chi connectivity index (χ1) is 8.74. The third-order valence-electron chi connectivity index (χ3n) is 4.37. The summed E-state index contributed by atoms with van der Waals surface area (Å²) in [5.74, 6) is 0. The quantitative estimate of drug-likeness (QED) is 0.841. The van der Waals surface area contributed by atoms with Gasteiger partial charge in [0.2, 0.25) is 0 Å². The maximum atomic E-state index is 4.21. The molecule has 102 valence electrons. The van der Waals surface area contributed by atoms with Gasteiger partial charge < -0.3 is 5.32 Å². The number of rotatable bonds is 6. The van der Waals surface area contributed by atoms with E-state index in [0.29, 0.717) is 11.5 Å². The van der Waals surface area contributed by atoms with Crippen LogP contribution in [0.3, 0.4) is 0 Å². The molecule has 1 aromatic heterocycles. The molecule has 1 aliphatic carbocycles. The topological polar surface area (TPSA) is 24.9 Å². The number of thiazole rings is 1. The molecule has 0 spiro atoms. The standard InChI is InChI=1S/C15H26N2S/c1-3-9-17-14(10-13-11-16-12-18-13)15(2)7-5-4-6-8-15/h11-12,14,17H,3-10H2,1-2H3. The van der Waals surface area contributed by atoms with Gasteiger partial charge in [-0.15, -0.1) is 11.3 Å². The summed E-state index contributed by atoms with van der Waals surface area (Å²) in [5.41, 5.74) is 2.44. The normalized spacial score (nSPS) is 20.8. The highest BCUT2D eigenvalue weighted by Gasteiger charge is 2.35. The largest absolute Gasteiger partial charge is 0.313 e. The Labute approximate surface area is 115 Å². The van der Waals surface area contributed by atoms with Gasteiger partial charge in [0.15, 0.2) is 0 Å². The van der Waals surface area contributed by atoms with Crippen LogP contribution in [0.1, 0.15) is 57.2 Å². The van der Waals surface area contributed by atoms with Gasteiger partial charge in [0.05, 0.1) is 5.51 Å². The second-order valence-corrected chi connectivity index (χ2v) is 6.86. The van der Waals surface area contributed by atoms with E-state index in [2.05, 4.69) is 24.1 Å². The molecule has 0 saturated heterocycles. The predicted octanol–water partition coefficient (Wildman–Crippen LogP) is 4.02. The van der Waals surface area contributed by atoms with E-state index < -0.39 is 0 Å². The van der Waals surface area contributed by atoms with E-state index in [1.165, 1.54) is 43.4 Å². The van der Waals surface area contributed by atoms with E-state index in [-0.39, 0.29) is 0 Å². The minimum absolute atomic E-state index is 0.484. The van der Waals surface area contributed by atoms with Crippen molar-refractivity contribution in [2.75, 3.05) is 6.54 Å². The Bertz CT molecular complexity index is 328. The van der Waals surface area contributed by atoms with Crippen LogP contribution in [0.25, 0.3) is 0 Å². The predicted molar refractivity (Wildman–Crippen MR) is 79.1 cm³/mol. The summed E-state index contributed by atoms with van der Waals surface area (Å²) in [5, 5.41) is 3.80. The van der Waals surface area contributed by atoms with Crippen LogP contribution in [-0.4, -0.2) is 17.6 Å². The van der Waals surface area contributed by atoms with Crippen LogP contribution in [0.5, 0.6) is 0 Å². The summed E-state index contributed by atoms with van der Waals surface area (Å²) in [7, 11) is 0. The Morgan fingerprint density at radius 2 is 2.17 bits per heavy atom. The summed E-state index contributed by atoms with van der Waals surface area (Å²) in [4.78, 5) is 5.64. The Balaban J connectivity index is 2.03. The minimum Gasteiger partial charge on any atom is -0.313 e. The summed E-state index contributed by atoms with van der Waals surface area (Å²) in [6.07, 6.45) is 11.4. The number of nitrogens with zero attached hydrogens (tertiary/aromatic N) is 1. The van der Waals surface area contributed by atoms with Crippen LogP contribution in [0, 0.1) is 5.41 Å². The Kier molecular flexibility index (Phi) is 5.19. The molecule has 0 aromatic carbocycles. The molecule has 1 fully saturated rings. The van der Waals surface area contributed by atoms with Crippen molar-refractivity contribution in [3.05, 3.63) is 16.6 Å². The first-order valence-corrected chi connectivity index (χ1v) is 8.23. The first-order valence-electron chi connectivity index (χ1n) is 7.35. The van der Waals surface area contributed by atoms with Crippen LogP contribution in [0.4, 0.5) is 0 Å². The lowest BCUT2D eigenvalue weighted by atomic mass is 9.69. The maximum absolute atomic E-state index is 4.21. The van der Waals surface area contributed by atoms with Crippen molar-refractivity contribution < 1.29 is 0 Å². The molecular formula is C15H26N2S. The molecular weight excluding hydrogens is 240 g/mol. The number of hydrogen-bond acceptors (Lipinski definition) is 3. The molecule has 2 rings (SSSR count). The fourth-order valence-corrected chi connectivity index (χ4v) is 3.78. The molecule has 3 heteroatoms. The molecule has 2 nitrogen and oxygen atoms in total. The van der Waals surface area contributed by atoms with E-state index in [9.17, 15) is 0 Å². The highest BCUT2D eigenvalue weighted by molar-refractivity contribution is 7.09. The minimum atomic E-state index is 0.484. The average Bonchev–Trinajstić information content (AvgIpc) is 2.88. The second-order valence-electron chi connectivity index (χ2n) is 5.89. The van der Waals surface area contributed by atoms with Crippen LogP contribution >= 0.6 is 11.3 Å². The molecule has 1 N–H and O–H groups in total. The molecule has 1 unspecified atom stereocenters. The molecule has 1 heterocycles. The monoisotopic (exact) mass is 266 g/mol. The fraction of sp³-hybridized carbons (Fsp3) is 0.800. The van der Waals surface area contributed by atoms with Gasteiger partial charge in [0.1, 0.15) is 0 Å². The molecule has 0 radical (unpaired) electrons. The summed E-state index contributed by atoms with van der Waals surface area (Å²) >= 11 is 1.80. The van der Waals surface area contributed by atoms with Crippen LogP contribution in [0.15, 0.2) is 11.7 Å². The van der Waals surface area contributed by atoms with Gasteiger partial charge >= 0.3 is 0 Å². The van der Waals surface area contributed by atoms with Crippen molar-refractivity contribution in [3.63, 3.8) is 0 Å². The summed E-state index contributed by atoms with van der Waals surface area (Å²) in [6, 6.07) is 0.623. The Morgan fingerprint density at radius 1 is 1.39 bits per heavy atom. The van der Waals surface area contributed by atoms with Gasteiger partial charge in [-0.05, 0) is 37.6 Å². The molecule has 1 atom stereocenters. The first kappa shape index (κ1) is 14.0. The SMILES string of the molecule is CCCNC(Cc1cncs1)C1(C)CCCCC1. The molecule has 0 amide bonds. The lowest BCUT2D eigenvalue weighted by Crippen LogP contribution is -2.46. The molecule has 0 aliphatic heterocycles. The van der Waals surface area contributed by atoms with Gasteiger partial charge in [-0.1, -0.05) is 33.1 Å². The zero-order valence-electron chi connectivity index (χ0n) is 11.7. The molecule has 0 bridgehead atoms. The van der Waals surface area contributed by atoms with Crippen molar-refractivity contribution in [3.8, 4) is 0 Å². The molecule has 1 aliphatic rings. The van der Waals surface area contributed by atoms with Gasteiger partial charge in [-0.3, -0.25) is 4.98 Å². The third-order valence-corrected chi connectivity index (χ3v) is 5.17. The Hall–Kier alpha value is -0.410. The molecule has 1 saturated carbocycles. The Morgan fingerprint density at radius 3 is 2.78 bits per heavy atom. The maximum Gasteiger partial charge on any atom is 0.0794 e.